The SMILES string of the molecule is CCCCC/C=C\C/C=C\C/C=C\C/C=C\C/C=C\CCC(=O)O[C@H](COC(=O)CCC/C=C\C/C=C\C/C=C\C/C=C\CC(O)CCC)COP(=O)(O)OP(=O)(O)OC[C@H]1O[C@@H](n2ccc(N)nc2=O)[C@H](O)[C@@H]1O. The Labute approximate surface area is 443 Å². The van der Waals surface area contributed by atoms with Crippen LogP contribution < -0.4 is 11.4 Å². The number of phosphoric ester groups is 2. The predicted molar refractivity (Wildman–Crippen MR) is 290 cm³/mol. The highest BCUT2D eigenvalue weighted by atomic mass is 31.3. The molecule has 0 saturated carbocycles. The number of nitrogens with two attached hydrogens (primary N) is 1. The van der Waals surface area contributed by atoms with Crippen molar-refractivity contribution in [2.45, 2.75) is 173 Å². The Morgan fingerprint density at radius 2 is 1.21 bits per heavy atom. The molecule has 0 aromatic carbocycles. The second-order valence-corrected chi connectivity index (χ2v) is 20.5. The van der Waals surface area contributed by atoms with E-state index in [2.05, 4.69) is 70.9 Å². The number of carbonyl (C=O) groups excluding carboxylic acids is 2. The minimum atomic E-state index is -5.47. The van der Waals surface area contributed by atoms with Gasteiger partial charge in [-0.1, -0.05) is 142 Å². The van der Waals surface area contributed by atoms with Gasteiger partial charge in [0.05, 0.1) is 19.3 Å². The summed E-state index contributed by atoms with van der Waals surface area (Å²) in [6, 6.07) is 1.24. The number of rotatable bonds is 41. The van der Waals surface area contributed by atoms with E-state index in [1.165, 1.54) is 25.3 Å². The number of phosphoric acid groups is 2. The van der Waals surface area contributed by atoms with E-state index in [1.807, 2.05) is 55.5 Å². The molecule has 19 nitrogen and oxygen atoms in total. The molecule has 8 atom stereocenters. The van der Waals surface area contributed by atoms with Gasteiger partial charge in [-0.05, 0) is 96.0 Å². The molecule has 420 valence electrons. The normalized spacial score (nSPS) is 20.1. The van der Waals surface area contributed by atoms with Gasteiger partial charge in [0.15, 0.2) is 12.3 Å². The van der Waals surface area contributed by atoms with Crippen molar-refractivity contribution in [3.63, 3.8) is 0 Å². The fourth-order valence-electron chi connectivity index (χ4n) is 6.89. The maximum absolute atomic E-state index is 12.9. The monoisotopic (exact) mass is 1090 g/mol. The number of aliphatic hydroxyl groups is 3. The van der Waals surface area contributed by atoms with Crippen LogP contribution in [-0.2, 0) is 46.3 Å². The van der Waals surface area contributed by atoms with Crippen molar-refractivity contribution in [3.8, 4) is 0 Å². The minimum absolute atomic E-state index is 0.0141. The Morgan fingerprint density at radius 1 is 0.693 bits per heavy atom. The van der Waals surface area contributed by atoms with Gasteiger partial charge >= 0.3 is 33.3 Å². The number of carbonyl (C=O) groups is 2. The third kappa shape index (κ3) is 33.2. The molecule has 3 unspecified atom stereocenters. The molecule has 1 aromatic rings. The third-order valence-corrected chi connectivity index (χ3v) is 13.5. The lowest BCUT2D eigenvalue weighted by atomic mass is 10.1. The maximum Gasteiger partial charge on any atom is 0.481 e. The van der Waals surface area contributed by atoms with Crippen LogP contribution >= 0.6 is 15.6 Å². The molecule has 21 heteroatoms. The van der Waals surface area contributed by atoms with E-state index in [-0.39, 0.29) is 24.8 Å². The van der Waals surface area contributed by atoms with Crippen LogP contribution in [0.5, 0.6) is 0 Å². The lowest BCUT2D eigenvalue weighted by Crippen LogP contribution is -2.36. The summed E-state index contributed by atoms with van der Waals surface area (Å²) in [4.78, 5) is 61.9. The molecule has 1 fully saturated rings. The molecule has 0 radical (unpaired) electrons. The molecular formula is C54H83N3O16P2. The summed E-state index contributed by atoms with van der Waals surface area (Å²) in [5.74, 6) is -1.50. The third-order valence-electron chi connectivity index (χ3n) is 10.9. The summed E-state index contributed by atoms with van der Waals surface area (Å²) in [6.07, 6.45) is 43.9. The number of hydrogen-bond donors (Lipinski definition) is 6. The Kier molecular flexibility index (Phi) is 36.0. The van der Waals surface area contributed by atoms with Crippen LogP contribution in [0.25, 0.3) is 0 Å². The van der Waals surface area contributed by atoms with Crippen LogP contribution in [0.1, 0.15) is 142 Å². The fraction of sp³-hybridized carbons (Fsp3) is 0.556. The fourth-order valence-corrected chi connectivity index (χ4v) is 9.00. The largest absolute Gasteiger partial charge is 0.481 e. The molecule has 75 heavy (non-hydrogen) atoms. The van der Waals surface area contributed by atoms with Gasteiger partial charge < -0.3 is 45.1 Å². The first-order chi connectivity index (χ1) is 36.1. The van der Waals surface area contributed by atoms with E-state index < -0.39 is 83.7 Å². The summed E-state index contributed by atoms with van der Waals surface area (Å²) in [5, 5.41) is 30.7. The van der Waals surface area contributed by atoms with Crippen molar-refractivity contribution < 1.29 is 71.4 Å². The average Bonchev–Trinajstić information content (AvgIpc) is 3.64. The standard InChI is InChI=1S/C54H83N3O16P2/c1-3-5-6-7-8-9-10-11-12-13-14-15-16-19-23-26-29-32-35-39-50(60)71-46(42-68-49(59)38-34-31-28-25-22-20-17-18-21-24-27-30-33-37-45(58)36-4-2)43-69-74(64,65)73-75(66,67)70-44-47-51(61)52(62)53(72-47)57-41-40-48(55)56-54(57)63/h8-9,11-12,14-15,17,19-21,23-25,28-30,32-33,40-41,45-47,51-53,58,61-62H,3-7,10,13,16,18,22,26-27,31,34-39,42-44H2,1-2H3,(H,64,65)(H,66,67)(H2,55,56,63)/b9-8-,12-11-,15-14-,20-17-,23-19-,24-21-,28-25-,32-29-,33-30-/t45?,46-,47-,51-,52-,53-/m1/s1. The number of allylic oxidation sites excluding steroid dienone is 17. The second kappa shape index (κ2) is 40.6. The van der Waals surface area contributed by atoms with Crippen LogP contribution in [0.4, 0.5) is 5.82 Å². The Bertz CT molecular complexity index is 2200. The van der Waals surface area contributed by atoms with Gasteiger partial charge in [0.1, 0.15) is 30.7 Å². The van der Waals surface area contributed by atoms with Crippen molar-refractivity contribution in [2.24, 2.45) is 0 Å². The number of aliphatic hydroxyl groups excluding tert-OH is 3. The molecule has 2 rings (SSSR count). The Balaban J connectivity index is 1.86. The smallest absolute Gasteiger partial charge is 0.462 e. The summed E-state index contributed by atoms with van der Waals surface area (Å²) in [6.45, 7) is 1.79. The molecule has 0 aliphatic carbocycles. The van der Waals surface area contributed by atoms with E-state index in [9.17, 15) is 48.6 Å². The number of aromatic nitrogens is 2. The molecule has 0 amide bonds. The van der Waals surface area contributed by atoms with Crippen LogP contribution in [0, 0.1) is 0 Å². The molecular weight excluding hydrogens is 1010 g/mol. The minimum Gasteiger partial charge on any atom is -0.462 e. The zero-order valence-electron chi connectivity index (χ0n) is 43.7. The number of anilines is 1. The summed E-state index contributed by atoms with van der Waals surface area (Å²) in [5.41, 5.74) is 4.57. The van der Waals surface area contributed by atoms with E-state index >= 15 is 0 Å². The molecule has 7 N–H and O–H groups in total. The summed E-state index contributed by atoms with van der Waals surface area (Å²) in [7, 11) is -10.9. The molecule has 2 heterocycles. The van der Waals surface area contributed by atoms with Crippen molar-refractivity contribution in [3.05, 3.63) is 132 Å². The van der Waals surface area contributed by atoms with Gasteiger partial charge in [0, 0.05) is 19.0 Å². The Morgan fingerprint density at radius 3 is 1.76 bits per heavy atom. The van der Waals surface area contributed by atoms with Gasteiger partial charge in [0.2, 0.25) is 0 Å². The summed E-state index contributed by atoms with van der Waals surface area (Å²) >= 11 is 0. The van der Waals surface area contributed by atoms with E-state index in [0.717, 1.165) is 62.1 Å². The quantitative estimate of drug-likeness (QED) is 0.0154. The van der Waals surface area contributed by atoms with E-state index in [0.29, 0.717) is 38.5 Å². The van der Waals surface area contributed by atoms with Crippen LogP contribution in [-0.4, -0.2) is 96.9 Å². The molecule has 1 saturated heterocycles. The molecule has 0 spiro atoms. The lowest BCUT2D eigenvalue weighted by molar-refractivity contribution is -0.161. The molecule has 1 aromatic heterocycles. The van der Waals surface area contributed by atoms with Crippen LogP contribution in [0.3, 0.4) is 0 Å². The van der Waals surface area contributed by atoms with Gasteiger partial charge in [-0.3, -0.25) is 23.2 Å². The zero-order valence-corrected chi connectivity index (χ0v) is 45.4. The first-order valence-electron chi connectivity index (χ1n) is 26.0. The predicted octanol–water partition coefficient (Wildman–Crippen LogP) is 9.97. The zero-order chi connectivity index (χ0) is 55.0. The highest BCUT2D eigenvalue weighted by molar-refractivity contribution is 7.61. The van der Waals surface area contributed by atoms with Gasteiger partial charge in [0.25, 0.3) is 0 Å². The van der Waals surface area contributed by atoms with Crippen molar-refractivity contribution in [2.75, 3.05) is 25.6 Å². The van der Waals surface area contributed by atoms with Gasteiger partial charge in [-0.15, -0.1) is 0 Å². The number of unbranched alkanes of at least 4 members (excludes halogenated alkanes) is 4. The number of ether oxygens (including phenoxy) is 3. The molecule has 1 aliphatic rings. The van der Waals surface area contributed by atoms with Gasteiger partial charge in [-0.25, -0.2) is 13.9 Å². The number of hydrogen-bond acceptors (Lipinski definition) is 16. The van der Waals surface area contributed by atoms with E-state index in [4.69, 9.17) is 29.0 Å². The average molecular weight is 1090 g/mol. The summed E-state index contributed by atoms with van der Waals surface area (Å²) < 4.78 is 56.6. The van der Waals surface area contributed by atoms with Crippen LogP contribution in [0.15, 0.2) is 126 Å². The number of esters is 2. The molecule has 0 bridgehead atoms. The van der Waals surface area contributed by atoms with Crippen molar-refractivity contribution in [1.82, 2.24) is 9.55 Å². The second-order valence-electron chi connectivity index (χ2n) is 17.5. The van der Waals surface area contributed by atoms with Crippen molar-refractivity contribution in [1.29, 1.82) is 0 Å². The van der Waals surface area contributed by atoms with Crippen molar-refractivity contribution >= 4 is 33.4 Å². The Hall–Kier alpha value is -4.62. The topological polar surface area (TPSA) is 286 Å². The van der Waals surface area contributed by atoms with Gasteiger partial charge in [-0.2, -0.15) is 9.29 Å². The first kappa shape index (κ1) is 66.5. The number of nitrogen functional groups attached to an aromatic ring is 1. The lowest BCUT2D eigenvalue weighted by Gasteiger charge is -2.21. The van der Waals surface area contributed by atoms with E-state index in [1.54, 1.807) is 6.08 Å². The first-order valence-corrected chi connectivity index (χ1v) is 29.0. The maximum atomic E-state index is 12.9. The highest BCUT2D eigenvalue weighted by Crippen LogP contribution is 2.60. The highest BCUT2D eigenvalue weighted by Gasteiger charge is 2.46. The van der Waals surface area contributed by atoms with Crippen LogP contribution in [0.2, 0.25) is 0 Å². The number of nitrogens with zero attached hydrogens (tertiary/aromatic N) is 2. The molecule has 1 aliphatic heterocycles.